The Labute approximate surface area is 331 Å². The zero-order valence-electron chi connectivity index (χ0n) is 32.7. The van der Waals surface area contributed by atoms with E-state index < -0.39 is 0 Å². The lowest BCUT2D eigenvalue weighted by molar-refractivity contribution is 0.332. The van der Waals surface area contributed by atoms with E-state index in [4.69, 9.17) is 4.42 Å². The van der Waals surface area contributed by atoms with Crippen LogP contribution in [0.5, 0.6) is 0 Å². The molecule has 0 aliphatic heterocycles. The van der Waals surface area contributed by atoms with Crippen molar-refractivity contribution in [1.82, 2.24) is 9.13 Å². The Morgan fingerprint density at radius 2 is 0.965 bits per heavy atom. The molecule has 274 valence electrons. The Bertz CT molecular complexity index is 3460. The Morgan fingerprint density at radius 3 is 1.72 bits per heavy atom. The predicted molar refractivity (Wildman–Crippen MR) is 241 cm³/mol. The van der Waals surface area contributed by atoms with Crippen LogP contribution in [0.15, 0.2) is 162 Å². The summed E-state index contributed by atoms with van der Waals surface area (Å²) in [6.45, 7) is 9.77. The molecule has 0 radical (unpaired) electrons. The molecule has 1 aliphatic rings. The second-order valence-electron chi connectivity index (χ2n) is 17.6. The number of para-hydroxylation sites is 3. The molecule has 0 bridgehead atoms. The van der Waals surface area contributed by atoms with Gasteiger partial charge in [0.15, 0.2) is 0 Å². The van der Waals surface area contributed by atoms with Crippen molar-refractivity contribution >= 4 is 76.3 Å². The van der Waals surface area contributed by atoms with E-state index in [2.05, 4.69) is 188 Å². The molecule has 0 amide bonds. The van der Waals surface area contributed by atoms with Gasteiger partial charge in [-0.15, -0.1) is 0 Å². The van der Waals surface area contributed by atoms with E-state index in [0.29, 0.717) is 0 Å². The van der Waals surface area contributed by atoms with Gasteiger partial charge in [-0.1, -0.05) is 125 Å². The smallest absolute Gasteiger partial charge is 0.136 e. The van der Waals surface area contributed by atoms with Crippen LogP contribution in [0, 0.1) is 0 Å². The Morgan fingerprint density at radius 1 is 0.404 bits per heavy atom. The van der Waals surface area contributed by atoms with Crippen LogP contribution in [0.25, 0.3) is 98.8 Å². The van der Waals surface area contributed by atoms with Gasteiger partial charge in [-0.05, 0) is 117 Å². The van der Waals surface area contributed by atoms with Gasteiger partial charge in [-0.3, -0.25) is 0 Å². The van der Waals surface area contributed by atoms with Gasteiger partial charge >= 0.3 is 0 Å². The van der Waals surface area contributed by atoms with Crippen molar-refractivity contribution < 1.29 is 4.42 Å². The molecule has 57 heavy (non-hydrogen) atoms. The SMILES string of the molecule is CC1(C)CCC(C)(C)c2cc3c(cc21)c1c2ccccc2c2c4ccccc4n(-c4ccccc4)c2c1n3-c1cccc(-c2ccc3c(c2)oc2ccccc23)c1. The Kier molecular flexibility index (Phi) is 6.58. The van der Waals surface area contributed by atoms with Crippen LogP contribution in [-0.4, -0.2) is 9.13 Å². The Hall–Kier alpha value is -6.58. The molecular formula is C54H42N2O. The molecule has 0 atom stereocenters. The maximum absolute atomic E-state index is 6.39. The van der Waals surface area contributed by atoms with Gasteiger partial charge in [0, 0.05) is 43.7 Å². The van der Waals surface area contributed by atoms with E-state index >= 15 is 0 Å². The summed E-state index contributed by atoms with van der Waals surface area (Å²) < 4.78 is 11.5. The number of hydrogen-bond donors (Lipinski definition) is 0. The molecule has 3 aromatic heterocycles. The first-order valence-corrected chi connectivity index (χ1v) is 20.3. The van der Waals surface area contributed by atoms with Crippen LogP contribution >= 0.6 is 0 Å². The summed E-state index contributed by atoms with van der Waals surface area (Å²) >= 11 is 0. The maximum Gasteiger partial charge on any atom is 0.136 e. The lowest BCUT2D eigenvalue weighted by Crippen LogP contribution is -2.33. The first-order chi connectivity index (χ1) is 27.8. The van der Waals surface area contributed by atoms with Gasteiger partial charge in [0.05, 0.1) is 22.1 Å². The molecule has 8 aromatic carbocycles. The minimum atomic E-state index is 0.0560. The van der Waals surface area contributed by atoms with Crippen LogP contribution < -0.4 is 0 Å². The second-order valence-corrected chi connectivity index (χ2v) is 17.6. The quantitative estimate of drug-likeness (QED) is 0.177. The minimum absolute atomic E-state index is 0.0560. The first-order valence-electron chi connectivity index (χ1n) is 20.3. The minimum Gasteiger partial charge on any atom is -0.456 e. The molecule has 0 N–H and O–H groups in total. The zero-order valence-corrected chi connectivity index (χ0v) is 32.7. The molecule has 0 saturated heterocycles. The van der Waals surface area contributed by atoms with Crippen molar-refractivity contribution in [2.24, 2.45) is 0 Å². The van der Waals surface area contributed by atoms with Crippen molar-refractivity contribution in [3.05, 3.63) is 169 Å². The fourth-order valence-electron chi connectivity index (χ4n) is 10.3. The molecule has 3 nitrogen and oxygen atoms in total. The highest BCUT2D eigenvalue weighted by Gasteiger charge is 2.38. The van der Waals surface area contributed by atoms with Gasteiger partial charge in [-0.2, -0.15) is 0 Å². The van der Waals surface area contributed by atoms with E-state index in [1.165, 1.54) is 71.9 Å². The van der Waals surface area contributed by atoms with Crippen molar-refractivity contribution in [2.75, 3.05) is 0 Å². The third-order valence-electron chi connectivity index (χ3n) is 13.3. The van der Waals surface area contributed by atoms with E-state index in [1.807, 2.05) is 6.07 Å². The number of fused-ring (bicyclic) bond motifs is 14. The summed E-state index contributed by atoms with van der Waals surface area (Å²) in [6, 6.07) is 58.3. The lowest BCUT2D eigenvalue weighted by Gasteiger charge is -2.42. The average molecular weight is 735 g/mol. The molecule has 0 fully saturated rings. The lowest BCUT2D eigenvalue weighted by atomic mass is 9.63. The summed E-state index contributed by atoms with van der Waals surface area (Å²) in [5, 5.41) is 10.0. The van der Waals surface area contributed by atoms with Gasteiger partial charge < -0.3 is 13.6 Å². The van der Waals surface area contributed by atoms with Crippen LogP contribution in [0.4, 0.5) is 0 Å². The monoisotopic (exact) mass is 734 g/mol. The topological polar surface area (TPSA) is 23.0 Å². The summed E-state index contributed by atoms with van der Waals surface area (Å²) in [5.41, 5.74) is 14.4. The van der Waals surface area contributed by atoms with E-state index in [0.717, 1.165) is 50.9 Å². The molecule has 3 heteroatoms. The molecule has 1 aliphatic carbocycles. The van der Waals surface area contributed by atoms with Crippen LogP contribution in [-0.2, 0) is 10.8 Å². The fraction of sp³-hybridized carbons (Fsp3) is 0.148. The van der Waals surface area contributed by atoms with Gasteiger partial charge in [0.25, 0.3) is 0 Å². The Balaban J connectivity index is 1.27. The molecule has 0 spiro atoms. The molecule has 0 saturated carbocycles. The summed E-state index contributed by atoms with van der Waals surface area (Å²) in [5.74, 6) is 0. The van der Waals surface area contributed by atoms with E-state index in [-0.39, 0.29) is 10.8 Å². The number of furan rings is 1. The first kappa shape index (κ1) is 32.6. The maximum atomic E-state index is 6.39. The van der Waals surface area contributed by atoms with Gasteiger partial charge in [0.2, 0.25) is 0 Å². The normalized spacial score (nSPS) is 15.2. The number of benzene rings is 8. The highest BCUT2D eigenvalue weighted by atomic mass is 16.3. The van der Waals surface area contributed by atoms with Crippen molar-refractivity contribution in [2.45, 2.75) is 51.4 Å². The third kappa shape index (κ3) is 4.54. The van der Waals surface area contributed by atoms with Crippen LogP contribution in [0.1, 0.15) is 51.7 Å². The van der Waals surface area contributed by atoms with Crippen LogP contribution in [0.2, 0.25) is 0 Å². The third-order valence-corrected chi connectivity index (χ3v) is 13.3. The summed E-state index contributed by atoms with van der Waals surface area (Å²) in [4.78, 5) is 0. The number of hydrogen-bond acceptors (Lipinski definition) is 1. The number of nitrogens with zero attached hydrogens (tertiary/aromatic N) is 2. The van der Waals surface area contributed by atoms with E-state index in [1.54, 1.807) is 0 Å². The highest BCUT2D eigenvalue weighted by Crippen LogP contribution is 2.51. The van der Waals surface area contributed by atoms with Crippen molar-refractivity contribution in [3.63, 3.8) is 0 Å². The standard InChI is InChI=1S/C54H42N2O/c1-53(2)27-28-54(3,4)44-32-46-42(31-43(44)53)50-40-21-9-8-20-39(40)49-41-22-10-12-23-45(41)55(35-16-6-5-7-17-35)51(49)52(50)56(46)36-18-14-15-33(29-36)34-25-26-38-37-19-11-13-24-47(37)57-48(38)30-34/h5-26,29-32H,27-28H2,1-4H3. The molecule has 3 heterocycles. The number of rotatable bonds is 3. The van der Waals surface area contributed by atoms with Crippen LogP contribution in [0.3, 0.4) is 0 Å². The van der Waals surface area contributed by atoms with E-state index in [9.17, 15) is 0 Å². The van der Waals surface area contributed by atoms with Gasteiger partial charge in [0.1, 0.15) is 11.2 Å². The zero-order chi connectivity index (χ0) is 38.2. The predicted octanol–water partition coefficient (Wildman–Crippen LogP) is 14.9. The molecular weight excluding hydrogens is 693 g/mol. The molecule has 11 aromatic rings. The molecule has 12 rings (SSSR count). The highest BCUT2D eigenvalue weighted by molar-refractivity contribution is 6.36. The second kappa shape index (κ2) is 11.5. The molecule has 0 unspecified atom stereocenters. The largest absolute Gasteiger partial charge is 0.456 e. The summed E-state index contributed by atoms with van der Waals surface area (Å²) in [7, 11) is 0. The van der Waals surface area contributed by atoms with Crippen molar-refractivity contribution in [3.8, 4) is 22.5 Å². The fourth-order valence-corrected chi connectivity index (χ4v) is 10.3. The number of aromatic nitrogens is 2. The van der Waals surface area contributed by atoms with Crippen molar-refractivity contribution in [1.29, 1.82) is 0 Å². The van der Waals surface area contributed by atoms with Gasteiger partial charge in [-0.25, -0.2) is 0 Å². The summed E-state index contributed by atoms with van der Waals surface area (Å²) in [6.07, 6.45) is 2.33. The average Bonchev–Trinajstić information content (AvgIpc) is 3.90.